The van der Waals surface area contributed by atoms with Crippen molar-refractivity contribution in [1.82, 2.24) is 25.2 Å². The van der Waals surface area contributed by atoms with Gasteiger partial charge in [-0.3, -0.25) is 4.79 Å². The second-order valence-corrected chi connectivity index (χ2v) is 5.35. The number of likely N-dealkylation sites (tertiary alicyclic amines) is 1. The highest BCUT2D eigenvalue weighted by Gasteiger charge is 2.21. The lowest BCUT2D eigenvalue weighted by Crippen LogP contribution is -2.44. The standard InChI is InChI=1S/C13H21N5O3/c1-10-5-3-2-4-6-18(10)13(21)14-7-11-8-17(16-15-11)9-12(19)20/h8,10H,2-7,9H2,1H3,(H,14,21)(H,19,20). The number of urea groups is 1. The number of aromatic nitrogens is 3. The number of nitrogens with one attached hydrogen (secondary N) is 1. The third kappa shape index (κ3) is 4.44. The van der Waals surface area contributed by atoms with Crippen LogP contribution in [0.15, 0.2) is 6.20 Å². The van der Waals surface area contributed by atoms with Crippen LogP contribution in [0.3, 0.4) is 0 Å². The van der Waals surface area contributed by atoms with Gasteiger partial charge in [-0.2, -0.15) is 0 Å². The molecule has 1 saturated heterocycles. The van der Waals surface area contributed by atoms with Gasteiger partial charge < -0.3 is 15.3 Å². The van der Waals surface area contributed by atoms with E-state index in [0.29, 0.717) is 5.69 Å². The molecular weight excluding hydrogens is 274 g/mol. The lowest BCUT2D eigenvalue weighted by Gasteiger charge is -2.27. The first kappa shape index (κ1) is 15.3. The zero-order chi connectivity index (χ0) is 15.2. The number of amides is 2. The SMILES string of the molecule is CC1CCCCCN1C(=O)NCc1cn(CC(=O)O)nn1. The fourth-order valence-electron chi connectivity index (χ4n) is 2.48. The summed E-state index contributed by atoms with van der Waals surface area (Å²) >= 11 is 0. The summed E-state index contributed by atoms with van der Waals surface area (Å²) in [5.74, 6) is -0.978. The molecule has 1 aliphatic rings. The number of aliphatic carboxylic acids is 1. The Morgan fingerprint density at radius 1 is 1.43 bits per heavy atom. The molecule has 0 spiro atoms. The normalized spacial score (nSPS) is 19.1. The Balaban J connectivity index is 1.85. The topological polar surface area (TPSA) is 100 Å². The van der Waals surface area contributed by atoms with E-state index in [1.807, 2.05) is 4.90 Å². The van der Waals surface area contributed by atoms with Crippen molar-refractivity contribution in [3.63, 3.8) is 0 Å². The number of carboxylic acid groups (broad SMARTS) is 1. The maximum Gasteiger partial charge on any atom is 0.325 e. The van der Waals surface area contributed by atoms with Gasteiger partial charge in [0.1, 0.15) is 12.2 Å². The maximum absolute atomic E-state index is 12.2. The molecule has 2 N–H and O–H groups in total. The Labute approximate surface area is 123 Å². The number of carbonyl (C=O) groups excluding carboxylic acids is 1. The Morgan fingerprint density at radius 3 is 3.00 bits per heavy atom. The van der Waals surface area contributed by atoms with Crippen LogP contribution in [0.2, 0.25) is 0 Å². The van der Waals surface area contributed by atoms with Crippen molar-refractivity contribution in [2.24, 2.45) is 0 Å². The lowest BCUT2D eigenvalue weighted by molar-refractivity contribution is -0.137. The van der Waals surface area contributed by atoms with Crippen LogP contribution in [0.1, 0.15) is 38.3 Å². The van der Waals surface area contributed by atoms with Crippen LogP contribution < -0.4 is 5.32 Å². The molecule has 0 aromatic carbocycles. The number of carbonyl (C=O) groups is 2. The summed E-state index contributed by atoms with van der Waals surface area (Å²) in [5, 5.41) is 19.0. The van der Waals surface area contributed by atoms with Crippen LogP contribution in [0, 0.1) is 0 Å². The first-order valence-electron chi connectivity index (χ1n) is 7.21. The molecular formula is C13H21N5O3. The van der Waals surface area contributed by atoms with Crippen LogP contribution in [0.4, 0.5) is 4.79 Å². The molecule has 1 aliphatic heterocycles. The highest BCUT2D eigenvalue weighted by Crippen LogP contribution is 2.16. The quantitative estimate of drug-likeness (QED) is 0.857. The molecule has 8 heteroatoms. The van der Waals surface area contributed by atoms with Gasteiger partial charge >= 0.3 is 12.0 Å². The fourth-order valence-corrected chi connectivity index (χ4v) is 2.48. The lowest BCUT2D eigenvalue weighted by atomic mass is 10.1. The van der Waals surface area contributed by atoms with E-state index in [1.54, 1.807) is 0 Å². The molecule has 0 saturated carbocycles. The van der Waals surface area contributed by atoms with E-state index in [1.165, 1.54) is 10.9 Å². The first-order chi connectivity index (χ1) is 10.1. The third-order valence-electron chi connectivity index (χ3n) is 3.62. The van der Waals surface area contributed by atoms with Crippen molar-refractivity contribution in [1.29, 1.82) is 0 Å². The summed E-state index contributed by atoms with van der Waals surface area (Å²) in [5.41, 5.74) is 0.548. The van der Waals surface area contributed by atoms with Crippen LogP contribution in [-0.4, -0.2) is 49.6 Å². The van der Waals surface area contributed by atoms with Crippen molar-refractivity contribution in [3.8, 4) is 0 Å². The third-order valence-corrected chi connectivity index (χ3v) is 3.62. The van der Waals surface area contributed by atoms with E-state index in [2.05, 4.69) is 22.6 Å². The second kappa shape index (κ2) is 7.05. The Kier molecular flexibility index (Phi) is 5.13. The summed E-state index contributed by atoms with van der Waals surface area (Å²) < 4.78 is 1.23. The zero-order valence-corrected chi connectivity index (χ0v) is 12.2. The van der Waals surface area contributed by atoms with Crippen molar-refractivity contribution < 1.29 is 14.7 Å². The Morgan fingerprint density at radius 2 is 2.24 bits per heavy atom. The van der Waals surface area contributed by atoms with Gasteiger partial charge in [0.15, 0.2) is 0 Å². The summed E-state index contributed by atoms with van der Waals surface area (Å²) in [6, 6.07) is 0.146. The van der Waals surface area contributed by atoms with E-state index in [4.69, 9.17) is 5.11 Å². The van der Waals surface area contributed by atoms with Crippen LogP contribution in [0.5, 0.6) is 0 Å². The predicted molar refractivity (Wildman–Crippen MR) is 74.5 cm³/mol. The summed E-state index contributed by atoms with van der Waals surface area (Å²) in [4.78, 5) is 24.6. The molecule has 2 amide bonds. The molecule has 0 radical (unpaired) electrons. The van der Waals surface area contributed by atoms with Crippen LogP contribution in [0.25, 0.3) is 0 Å². The number of rotatable bonds is 4. The van der Waals surface area contributed by atoms with E-state index in [-0.39, 0.29) is 25.2 Å². The molecule has 8 nitrogen and oxygen atoms in total. The van der Waals surface area contributed by atoms with Gasteiger partial charge in [-0.15, -0.1) is 5.10 Å². The van der Waals surface area contributed by atoms with Gasteiger partial charge in [0.2, 0.25) is 0 Å². The molecule has 2 heterocycles. The van der Waals surface area contributed by atoms with Gasteiger partial charge in [-0.1, -0.05) is 18.1 Å². The first-order valence-corrected chi connectivity index (χ1v) is 7.21. The van der Waals surface area contributed by atoms with E-state index < -0.39 is 5.97 Å². The molecule has 1 unspecified atom stereocenters. The molecule has 1 atom stereocenters. The molecule has 1 aromatic heterocycles. The minimum absolute atomic E-state index is 0.0998. The minimum Gasteiger partial charge on any atom is -0.480 e. The average Bonchev–Trinajstić information content (AvgIpc) is 2.75. The fraction of sp³-hybridized carbons (Fsp3) is 0.692. The highest BCUT2D eigenvalue weighted by atomic mass is 16.4. The van der Waals surface area contributed by atoms with E-state index in [9.17, 15) is 9.59 Å². The molecule has 1 fully saturated rings. The second-order valence-electron chi connectivity index (χ2n) is 5.35. The summed E-state index contributed by atoms with van der Waals surface area (Å²) in [6.07, 6.45) is 5.92. The predicted octanol–water partition coefficient (Wildman–Crippen LogP) is 0.837. The average molecular weight is 295 g/mol. The van der Waals surface area contributed by atoms with E-state index in [0.717, 1.165) is 32.2 Å². The smallest absolute Gasteiger partial charge is 0.325 e. The monoisotopic (exact) mass is 295 g/mol. The van der Waals surface area contributed by atoms with Gasteiger partial charge in [0, 0.05) is 12.6 Å². The van der Waals surface area contributed by atoms with Crippen LogP contribution >= 0.6 is 0 Å². The van der Waals surface area contributed by atoms with Crippen molar-refractivity contribution in [2.45, 2.75) is 51.7 Å². The molecule has 21 heavy (non-hydrogen) atoms. The van der Waals surface area contributed by atoms with Gasteiger partial charge in [-0.25, -0.2) is 9.48 Å². The van der Waals surface area contributed by atoms with Crippen molar-refractivity contribution in [2.75, 3.05) is 6.54 Å². The molecule has 0 aliphatic carbocycles. The minimum atomic E-state index is -0.978. The van der Waals surface area contributed by atoms with Crippen molar-refractivity contribution in [3.05, 3.63) is 11.9 Å². The van der Waals surface area contributed by atoms with Gasteiger partial charge in [0.25, 0.3) is 0 Å². The van der Waals surface area contributed by atoms with Crippen molar-refractivity contribution >= 4 is 12.0 Å². The molecule has 0 bridgehead atoms. The number of hydrogen-bond donors (Lipinski definition) is 2. The van der Waals surface area contributed by atoms with Gasteiger partial charge in [0.05, 0.1) is 12.7 Å². The summed E-state index contributed by atoms with van der Waals surface area (Å²) in [7, 11) is 0. The molecule has 116 valence electrons. The molecule has 1 aromatic rings. The molecule has 2 rings (SSSR count). The maximum atomic E-state index is 12.2. The number of carboxylic acids is 1. The Hall–Kier alpha value is -2.12. The zero-order valence-electron chi connectivity index (χ0n) is 12.2. The van der Waals surface area contributed by atoms with E-state index >= 15 is 0 Å². The van der Waals surface area contributed by atoms with Crippen LogP contribution in [-0.2, 0) is 17.9 Å². The number of hydrogen-bond acceptors (Lipinski definition) is 4. The Bertz CT molecular complexity index is 502. The summed E-state index contributed by atoms with van der Waals surface area (Å²) in [6.45, 7) is 2.86. The van der Waals surface area contributed by atoms with Gasteiger partial charge in [-0.05, 0) is 19.8 Å². The highest BCUT2D eigenvalue weighted by molar-refractivity contribution is 5.74. The largest absolute Gasteiger partial charge is 0.480 e. The number of nitrogens with zero attached hydrogens (tertiary/aromatic N) is 4.